The fraction of sp³-hybridized carbons (Fsp3) is 0.571. The molecule has 0 saturated carbocycles. The minimum absolute atomic E-state index is 0.0148. The first-order valence-corrected chi connectivity index (χ1v) is 23.3. The molecule has 67 heavy (non-hydrogen) atoms. The number of hydrogen-bond acceptors (Lipinski definition) is 9. The molecule has 1 heterocycles. The van der Waals surface area contributed by atoms with Crippen molar-refractivity contribution in [1.82, 2.24) is 36.8 Å². The molecular weight excluding hydrogens is 861 g/mol. The van der Waals surface area contributed by atoms with Gasteiger partial charge in [-0.3, -0.25) is 43.2 Å². The summed E-state index contributed by atoms with van der Waals surface area (Å²) in [4.78, 5) is 122. The van der Waals surface area contributed by atoms with Gasteiger partial charge in [0.05, 0.1) is 6.42 Å². The summed E-state index contributed by atoms with van der Waals surface area (Å²) in [5, 5.41) is 25.5. The van der Waals surface area contributed by atoms with Gasteiger partial charge in [-0.25, -0.2) is 0 Å². The second-order valence-corrected chi connectivity index (χ2v) is 18.9. The third kappa shape index (κ3) is 18.1. The largest absolute Gasteiger partial charge is 0.481 e. The standard InChI is InChI=1S/C49H72N8O10/c1-28(2)24-34(43(50)61)51-48(66)42(31(7)8)56-45(63)36(27-33-18-13-10-14-19-33)52-44(62)35(26-32-16-11-9-12-17-32)53-46(64)38-20-15-23-57(38)49(67)37(25-29(3)4)54-47(65)41(30(5)6)55-39(58)21-22-40(59)60/h9-14,16-19,28-31,34-38,41-42H,15,20-27H2,1-8H3,(H2,50,61)(H,51,66)(H,52,62)(H,53,64)(H,54,65)(H,55,58)(H,56,63)(H,59,60)/t34-,35+,36+,37-,38+,41+,42+/m1/s1. The highest BCUT2D eigenvalue weighted by atomic mass is 16.4. The van der Waals surface area contributed by atoms with Crippen LogP contribution in [0.5, 0.6) is 0 Å². The van der Waals surface area contributed by atoms with E-state index in [2.05, 4.69) is 31.9 Å². The fourth-order valence-electron chi connectivity index (χ4n) is 7.88. The number of nitrogens with one attached hydrogen (secondary N) is 6. The summed E-state index contributed by atoms with van der Waals surface area (Å²) in [6.45, 7) is 14.6. The normalized spacial score (nSPS) is 16.3. The maximum atomic E-state index is 14.5. The van der Waals surface area contributed by atoms with Crippen molar-refractivity contribution < 1.29 is 48.3 Å². The number of rotatable bonds is 26. The first-order chi connectivity index (χ1) is 31.6. The Morgan fingerprint density at radius 2 is 1.03 bits per heavy atom. The lowest BCUT2D eigenvalue weighted by Gasteiger charge is -2.32. The van der Waals surface area contributed by atoms with Crippen molar-refractivity contribution in [3.63, 3.8) is 0 Å². The molecule has 0 radical (unpaired) electrons. The van der Waals surface area contributed by atoms with Crippen LogP contribution < -0.4 is 37.6 Å². The molecule has 1 saturated heterocycles. The minimum Gasteiger partial charge on any atom is -0.481 e. The predicted molar refractivity (Wildman–Crippen MR) is 251 cm³/mol. The molecule has 2 aromatic rings. The van der Waals surface area contributed by atoms with E-state index >= 15 is 0 Å². The van der Waals surface area contributed by atoms with Gasteiger partial charge in [0.25, 0.3) is 0 Å². The number of carbonyl (C=O) groups excluding carboxylic acids is 8. The molecular formula is C49H72N8O10. The van der Waals surface area contributed by atoms with Gasteiger partial charge in [-0.1, -0.05) is 116 Å². The summed E-state index contributed by atoms with van der Waals surface area (Å²) < 4.78 is 0. The maximum Gasteiger partial charge on any atom is 0.303 e. The highest BCUT2D eigenvalue weighted by Gasteiger charge is 2.41. The van der Waals surface area contributed by atoms with Crippen molar-refractivity contribution in [3.05, 3.63) is 71.8 Å². The van der Waals surface area contributed by atoms with Gasteiger partial charge in [0, 0.05) is 25.8 Å². The van der Waals surface area contributed by atoms with Gasteiger partial charge in [0.1, 0.15) is 42.3 Å². The lowest BCUT2D eigenvalue weighted by Crippen LogP contribution is -2.61. The summed E-state index contributed by atoms with van der Waals surface area (Å²) in [6, 6.07) is 10.2. The van der Waals surface area contributed by atoms with E-state index < -0.39 is 114 Å². The molecule has 0 aromatic heterocycles. The molecule has 2 aromatic carbocycles. The van der Waals surface area contributed by atoms with Gasteiger partial charge in [0.2, 0.25) is 47.3 Å². The van der Waals surface area contributed by atoms with Crippen LogP contribution in [0.15, 0.2) is 60.7 Å². The molecule has 18 heteroatoms. The number of likely N-dealkylation sites (tertiary alicyclic amines) is 1. The summed E-state index contributed by atoms with van der Waals surface area (Å²) in [6.07, 6.45) is 0.511. The van der Waals surface area contributed by atoms with Crippen molar-refractivity contribution in [3.8, 4) is 0 Å². The molecule has 0 unspecified atom stereocenters. The minimum atomic E-state index is -1.24. The van der Waals surface area contributed by atoms with Gasteiger partial charge in [-0.05, 0) is 60.5 Å². The topological polar surface area (TPSA) is 275 Å². The van der Waals surface area contributed by atoms with Gasteiger partial charge in [0.15, 0.2) is 0 Å². The van der Waals surface area contributed by atoms with Crippen LogP contribution >= 0.6 is 0 Å². The predicted octanol–water partition coefficient (Wildman–Crippen LogP) is 2.13. The Hall–Kier alpha value is -6.33. The summed E-state index contributed by atoms with van der Waals surface area (Å²) in [7, 11) is 0. The Kier molecular flexibility index (Phi) is 21.9. The third-order valence-corrected chi connectivity index (χ3v) is 11.4. The van der Waals surface area contributed by atoms with E-state index in [-0.39, 0.29) is 50.5 Å². The number of aliphatic carboxylic acids is 1. The first kappa shape index (κ1) is 55.0. The molecule has 3 rings (SSSR count). The second kappa shape index (κ2) is 26.7. The molecule has 0 spiro atoms. The number of hydrogen-bond donors (Lipinski definition) is 8. The smallest absolute Gasteiger partial charge is 0.303 e. The molecule has 8 amide bonds. The Morgan fingerprint density at radius 3 is 1.51 bits per heavy atom. The van der Waals surface area contributed by atoms with E-state index in [1.807, 2.05) is 27.7 Å². The van der Waals surface area contributed by atoms with E-state index in [9.17, 15) is 43.2 Å². The molecule has 0 aliphatic carbocycles. The average molecular weight is 933 g/mol. The lowest BCUT2D eigenvalue weighted by atomic mass is 9.98. The van der Waals surface area contributed by atoms with Gasteiger partial charge in [-0.15, -0.1) is 0 Å². The molecule has 9 N–H and O–H groups in total. The van der Waals surface area contributed by atoms with Crippen molar-refractivity contribution in [2.45, 2.75) is 149 Å². The van der Waals surface area contributed by atoms with Crippen LogP contribution in [0.3, 0.4) is 0 Å². The third-order valence-electron chi connectivity index (χ3n) is 11.4. The van der Waals surface area contributed by atoms with Crippen LogP contribution in [0.25, 0.3) is 0 Å². The van der Waals surface area contributed by atoms with Crippen molar-refractivity contribution in [2.75, 3.05) is 6.54 Å². The maximum absolute atomic E-state index is 14.5. The summed E-state index contributed by atoms with van der Waals surface area (Å²) in [5.74, 6) is -7.14. The molecule has 1 aliphatic heterocycles. The Bertz CT molecular complexity index is 2010. The number of carbonyl (C=O) groups is 9. The van der Waals surface area contributed by atoms with Crippen LogP contribution in [0.2, 0.25) is 0 Å². The van der Waals surface area contributed by atoms with E-state index in [1.54, 1.807) is 88.4 Å². The van der Waals surface area contributed by atoms with Crippen LogP contribution in [-0.4, -0.2) is 112 Å². The number of amides is 8. The number of nitrogens with zero attached hydrogens (tertiary/aromatic N) is 1. The zero-order valence-corrected chi connectivity index (χ0v) is 40.1. The van der Waals surface area contributed by atoms with Crippen LogP contribution in [0.4, 0.5) is 0 Å². The van der Waals surface area contributed by atoms with Gasteiger partial charge < -0.3 is 47.6 Å². The molecule has 18 nitrogen and oxygen atoms in total. The van der Waals surface area contributed by atoms with E-state index in [4.69, 9.17) is 10.8 Å². The van der Waals surface area contributed by atoms with Crippen molar-refractivity contribution >= 4 is 53.2 Å². The van der Waals surface area contributed by atoms with Crippen LogP contribution in [-0.2, 0) is 56.0 Å². The summed E-state index contributed by atoms with van der Waals surface area (Å²) in [5.41, 5.74) is 6.99. The zero-order chi connectivity index (χ0) is 50.0. The second-order valence-electron chi connectivity index (χ2n) is 18.9. The zero-order valence-electron chi connectivity index (χ0n) is 40.1. The SMILES string of the molecule is CC(C)C[C@@H](NC(=O)[C@@H](NC(=O)[C@H](Cc1ccccc1)NC(=O)[C@H](Cc1ccccc1)NC(=O)[C@@H]1CCCN1C(=O)[C@@H](CC(C)C)NC(=O)[C@@H](NC(=O)CCC(=O)O)C(C)C)C(C)C)C(N)=O. The van der Waals surface area contributed by atoms with Crippen molar-refractivity contribution in [2.24, 2.45) is 29.4 Å². The van der Waals surface area contributed by atoms with Crippen LogP contribution in [0.1, 0.15) is 105 Å². The Morgan fingerprint density at radius 1 is 0.582 bits per heavy atom. The fourth-order valence-corrected chi connectivity index (χ4v) is 7.88. The van der Waals surface area contributed by atoms with Crippen LogP contribution in [0, 0.1) is 23.7 Å². The summed E-state index contributed by atoms with van der Waals surface area (Å²) >= 11 is 0. The van der Waals surface area contributed by atoms with E-state index in [1.165, 1.54) is 4.90 Å². The van der Waals surface area contributed by atoms with Gasteiger partial charge in [-0.2, -0.15) is 0 Å². The molecule has 1 fully saturated rings. The van der Waals surface area contributed by atoms with Crippen molar-refractivity contribution in [1.29, 1.82) is 0 Å². The Balaban J connectivity index is 1.90. The molecule has 0 bridgehead atoms. The number of primary amides is 1. The number of nitrogens with two attached hydrogens (primary N) is 1. The number of carboxylic acids is 1. The van der Waals surface area contributed by atoms with E-state index in [0.29, 0.717) is 24.0 Å². The number of benzene rings is 2. The molecule has 7 atom stereocenters. The highest BCUT2D eigenvalue weighted by Crippen LogP contribution is 2.22. The molecule has 1 aliphatic rings. The Labute approximate surface area is 394 Å². The lowest BCUT2D eigenvalue weighted by molar-refractivity contribution is -0.143. The molecule has 368 valence electrons. The van der Waals surface area contributed by atoms with Gasteiger partial charge >= 0.3 is 5.97 Å². The van der Waals surface area contributed by atoms with E-state index in [0.717, 1.165) is 0 Å². The monoisotopic (exact) mass is 933 g/mol. The first-order valence-electron chi connectivity index (χ1n) is 23.3. The highest BCUT2D eigenvalue weighted by molar-refractivity contribution is 5.98. The number of carboxylic acid groups (broad SMARTS) is 1. The quantitative estimate of drug-likeness (QED) is 0.0681. The average Bonchev–Trinajstić information content (AvgIpc) is 3.76.